The Balaban J connectivity index is 1.68. The van der Waals surface area contributed by atoms with E-state index in [9.17, 15) is 14.0 Å². The van der Waals surface area contributed by atoms with Crippen molar-refractivity contribution < 1.29 is 13.9 Å². The summed E-state index contributed by atoms with van der Waals surface area (Å²) in [5.41, 5.74) is 2.10. The number of hydrogen-bond acceptors (Lipinski definition) is 3. The molecule has 0 saturated carbocycles. The second-order valence-corrected chi connectivity index (χ2v) is 11.0. The quantitative estimate of drug-likeness (QED) is 0.229. The van der Waals surface area contributed by atoms with Crippen molar-refractivity contribution in [3.63, 3.8) is 0 Å². The van der Waals surface area contributed by atoms with Crippen LogP contribution in [0.3, 0.4) is 0 Å². The molecule has 2 aromatic carbocycles. The first-order valence-corrected chi connectivity index (χ1v) is 13.4. The monoisotopic (exact) mass is 617 g/mol. The van der Waals surface area contributed by atoms with E-state index in [1.807, 2.05) is 30.5 Å². The van der Waals surface area contributed by atoms with Crippen molar-refractivity contribution in [1.82, 2.24) is 9.13 Å². The third-order valence-corrected chi connectivity index (χ3v) is 7.70. The standard InChI is InChI=1S/C28H23BrCl2FN3O3/c1-15(2)34-24(29)12-20-26(34)25(17-6-9-21(31)22(32)10-17)35(27(20)36)23-11-18(30)14-33(28(23)37)13-16-4-7-19(38-3)8-5-16/h4-12,14-15,25H,13H2,1-3H3. The fraction of sp³-hybridized carbons (Fsp3) is 0.214. The molecule has 0 fully saturated rings. The molecule has 0 N–H and O–H groups in total. The molecule has 5 rings (SSSR count). The average molecular weight is 619 g/mol. The number of carbonyl (C=O) groups is 1. The number of benzene rings is 2. The fourth-order valence-electron chi connectivity index (χ4n) is 4.89. The smallest absolute Gasteiger partial charge is 0.274 e. The SMILES string of the molecule is COc1ccc(Cn2cc(Cl)cc(N3C(=O)c4cc(Br)n(C(C)C)c4C3c3ccc(Cl)c(F)c3)c2=O)cc1. The zero-order valence-corrected chi connectivity index (χ0v) is 23.8. The molecule has 3 heterocycles. The van der Waals surface area contributed by atoms with Crippen molar-refractivity contribution >= 4 is 50.7 Å². The molecule has 196 valence electrons. The first kappa shape index (κ1) is 26.5. The fourth-order valence-corrected chi connectivity index (χ4v) is 6.06. The van der Waals surface area contributed by atoms with Gasteiger partial charge in [0, 0.05) is 12.2 Å². The number of methoxy groups -OCH3 is 1. The molecular formula is C28H23BrCl2FN3O3. The highest BCUT2D eigenvalue weighted by atomic mass is 79.9. The Hall–Kier alpha value is -3.07. The molecule has 4 aromatic rings. The van der Waals surface area contributed by atoms with E-state index < -0.39 is 17.4 Å². The van der Waals surface area contributed by atoms with Crippen molar-refractivity contribution in [2.45, 2.75) is 32.5 Å². The maximum Gasteiger partial charge on any atom is 0.274 e. The number of pyridine rings is 1. The molecule has 0 spiro atoms. The number of fused-ring (bicyclic) bond motifs is 1. The molecule has 1 aliphatic heterocycles. The van der Waals surface area contributed by atoms with E-state index in [-0.39, 0.29) is 34.2 Å². The summed E-state index contributed by atoms with van der Waals surface area (Å²) in [5, 5.41) is 0.251. The Kier molecular flexibility index (Phi) is 7.15. The minimum atomic E-state index is -0.779. The second-order valence-electron chi connectivity index (χ2n) is 9.31. The topological polar surface area (TPSA) is 56.5 Å². The van der Waals surface area contributed by atoms with E-state index in [2.05, 4.69) is 15.9 Å². The summed E-state index contributed by atoms with van der Waals surface area (Å²) in [6, 6.07) is 14.1. The summed E-state index contributed by atoms with van der Waals surface area (Å²) in [6.07, 6.45) is 1.53. The number of ether oxygens (including phenoxy) is 1. The number of nitrogens with zero attached hydrogens (tertiary/aromatic N) is 3. The van der Waals surface area contributed by atoms with Gasteiger partial charge in [-0.25, -0.2) is 4.39 Å². The molecule has 0 aliphatic carbocycles. The summed E-state index contributed by atoms with van der Waals surface area (Å²) in [6.45, 7) is 4.20. The molecule has 1 unspecified atom stereocenters. The number of anilines is 1. The first-order chi connectivity index (χ1) is 18.1. The van der Waals surface area contributed by atoms with E-state index in [4.69, 9.17) is 27.9 Å². The van der Waals surface area contributed by atoms with Crippen molar-refractivity contribution in [3.8, 4) is 5.75 Å². The van der Waals surface area contributed by atoms with Crippen LogP contribution in [0.2, 0.25) is 10.0 Å². The van der Waals surface area contributed by atoms with Crippen molar-refractivity contribution in [2.75, 3.05) is 12.0 Å². The largest absolute Gasteiger partial charge is 0.497 e. The summed E-state index contributed by atoms with van der Waals surface area (Å²) in [5.74, 6) is -0.298. The molecule has 6 nitrogen and oxygen atoms in total. The van der Waals surface area contributed by atoms with Crippen LogP contribution in [0.25, 0.3) is 0 Å². The Labute approximate surface area is 237 Å². The third-order valence-electron chi connectivity index (χ3n) is 6.58. The van der Waals surface area contributed by atoms with Gasteiger partial charge in [-0.05, 0) is 77.3 Å². The van der Waals surface area contributed by atoms with E-state index >= 15 is 0 Å². The maximum atomic E-state index is 14.7. The molecule has 2 aromatic heterocycles. The molecule has 1 atom stereocenters. The van der Waals surface area contributed by atoms with E-state index in [0.29, 0.717) is 27.2 Å². The van der Waals surface area contributed by atoms with Gasteiger partial charge >= 0.3 is 0 Å². The lowest BCUT2D eigenvalue weighted by atomic mass is 10.0. The molecule has 0 radical (unpaired) electrons. The Morgan fingerprint density at radius 1 is 1.05 bits per heavy atom. The lowest BCUT2D eigenvalue weighted by molar-refractivity contribution is 0.0993. The van der Waals surface area contributed by atoms with Crippen LogP contribution < -0.4 is 15.2 Å². The third kappa shape index (κ3) is 4.55. The minimum absolute atomic E-state index is 0.0217. The van der Waals surface area contributed by atoms with Crippen LogP contribution in [0.4, 0.5) is 10.1 Å². The van der Waals surface area contributed by atoms with Crippen LogP contribution >= 0.6 is 39.1 Å². The van der Waals surface area contributed by atoms with Gasteiger partial charge in [-0.3, -0.25) is 14.5 Å². The molecule has 1 amide bonds. The minimum Gasteiger partial charge on any atom is -0.497 e. The predicted octanol–water partition coefficient (Wildman–Crippen LogP) is 7.25. The number of halogens is 4. The highest BCUT2D eigenvalue weighted by Crippen LogP contribution is 2.45. The molecule has 10 heteroatoms. The van der Waals surface area contributed by atoms with Crippen LogP contribution in [0.5, 0.6) is 5.75 Å². The lowest BCUT2D eigenvalue weighted by Crippen LogP contribution is -2.36. The Morgan fingerprint density at radius 3 is 2.39 bits per heavy atom. The number of aromatic nitrogens is 2. The van der Waals surface area contributed by atoms with E-state index in [0.717, 1.165) is 5.56 Å². The van der Waals surface area contributed by atoms with Gasteiger partial charge in [0.15, 0.2) is 0 Å². The molecule has 38 heavy (non-hydrogen) atoms. The number of amides is 1. The van der Waals surface area contributed by atoms with Crippen LogP contribution in [-0.4, -0.2) is 22.2 Å². The zero-order valence-electron chi connectivity index (χ0n) is 20.7. The zero-order chi connectivity index (χ0) is 27.3. The summed E-state index contributed by atoms with van der Waals surface area (Å²) < 4.78 is 24.0. The summed E-state index contributed by atoms with van der Waals surface area (Å²) in [4.78, 5) is 29.1. The average Bonchev–Trinajstić information content (AvgIpc) is 3.36. The first-order valence-electron chi connectivity index (χ1n) is 11.8. The van der Waals surface area contributed by atoms with Gasteiger partial charge in [0.1, 0.15) is 23.3 Å². The van der Waals surface area contributed by atoms with Gasteiger partial charge in [0.25, 0.3) is 11.5 Å². The highest BCUT2D eigenvalue weighted by Gasteiger charge is 2.44. The van der Waals surface area contributed by atoms with Gasteiger partial charge < -0.3 is 13.9 Å². The maximum absolute atomic E-state index is 14.7. The Bertz CT molecular complexity index is 1620. The highest BCUT2D eigenvalue weighted by molar-refractivity contribution is 9.10. The van der Waals surface area contributed by atoms with Crippen molar-refractivity contribution in [3.05, 3.63) is 114 Å². The lowest BCUT2D eigenvalue weighted by Gasteiger charge is -2.28. The molecular weight excluding hydrogens is 596 g/mol. The van der Waals surface area contributed by atoms with E-state index in [1.165, 1.54) is 33.9 Å². The van der Waals surface area contributed by atoms with Crippen LogP contribution in [0.15, 0.2) is 70.2 Å². The van der Waals surface area contributed by atoms with Crippen molar-refractivity contribution in [2.24, 2.45) is 0 Å². The van der Waals surface area contributed by atoms with Crippen LogP contribution in [-0.2, 0) is 6.54 Å². The number of hydrogen-bond donors (Lipinski definition) is 0. The van der Waals surface area contributed by atoms with Gasteiger partial charge in [-0.1, -0.05) is 41.4 Å². The normalized spacial score (nSPS) is 14.9. The van der Waals surface area contributed by atoms with Gasteiger partial charge in [0.05, 0.1) is 39.6 Å². The van der Waals surface area contributed by atoms with E-state index in [1.54, 1.807) is 31.4 Å². The van der Waals surface area contributed by atoms with Gasteiger partial charge in [-0.15, -0.1) is 0 Å². The van der Waals surface area contributed by atoms with Crippen LogP contribution in [0.1, 0.15) is 53.1 Å². The van der Waals surface area contributed by atoms with Gasteiger partial charge in [-0.2, -0.15) is 0 Å². The van der Waals surface area contributed by atoms with Crippen molar-refractivity contribution in [1.29, 1.82) is 0 Å². The second kappa shape index (κ2) is 10.2. The molecule has 0 bridgehead atoms. The van der Waals surface area contributed by atoms with Crippen LogP contribution in [0, 0.1) is 5.82 Å². The predicted molar refractivity (Wildman–Crippen MR) is 150 cm³/mol. The summed E-state index contributed by atoms with van der Waals surface area (Å²) in [7, 11) is 1.58. The summed E-state index contributed by atoms with van der Waals surface area (Å²) >= 11 is 16.0. The van der Waals surface area contributed by atoms with Gasteiger partial charge in [0.2, 0.25) is 0 Å². The molecule has 1 aliphatic rings. The number of rotatable bonds is 6. The Morgan fingerprint density at radius 2 is 1.76 bits per heavy atom. The molecule has 0 saturated heterocycles. The number of carbonyl (C=O) groups excluding carboxylic acids is 1.